The van der Waals surface area contributed by atoms with E-state index in [9.17, 15) is 9.18 Å². The van der Waals surface area contributed by atoms with Crippen LogP contribution in [0.2, 0.25) is 5.02 Å². The summed E-state index contributed by atoms with van der Waals surface area (Å²) in [4.78, 5) is 11.9. The lowest BCUT2D eigenvalue weighted by molar-refractivity contribution is 0.0470. The molecule has 0 saturated heterocycles. The number of nitriles is 1. The summed E-state index contributed by atoms with van der Waals surface area (Å²) in [5.74, 6) is -1.31. The molecule has 0 bridgehead atoms. The molecule has 0 fully saturated rings. The van der Waals surface area contributed by atoms with Gasteiger partial charge in [-0.2, -0.15) is 5.26 Å². The molecule has 21 heavy (non-hydrogen) atoms. The van der Waals surface area contributed by atoms with Crippen LogP contribution >= 0.6 is 11.6 Å². The van der Waals surface area contributed by atoms with E-state index in [1.54, 1.807) is 12.1 Å². The van der Waals surface area contributed by atoms with E-state index >= 15 is 0 Å². The van der Waals surface area contributed by atoms with Gasteiger partial charge in [0.2, 0.25) is 0 Å². The molecule has 0 atom stereocenters. The number of nitrogen functional groups attached to an aromatic ring is 1. The van der Waals surface area contributed by atoms with Crippen LogP contribution in [0.15, 0.2) is 36.4 Å². The molecule has 2 N–H and O–H groups in total. The van der Waals surface area contributed by atoms with Gasteiger partial charge in [0.25, 0.3) is 0 Å². The third kappa shape index (κ3) is 3.30. The largest absolute Gasteiger partial charge is 0.457 e. The van der Waals surface area contributed by atoms with Crippen LogP contribution in [-0.2, 0) is 11.3 Å². The first-order chi connectivity index (χ1) is 10.0. The zero-order valence-corrected chi connectivity index (χ0v) is 11.5. The molecule has 0 aliphatic rings. The third-order valence-corrected chi connectivity index (χ3v) is 3.14. The Hall–Kier alpha value is -2.58. The maximum Gasteiger partial charge on any atom is 0.340 e. The van der Waals surface area contributed by atoms with Crippen molar-refractivity contribution in [3.63, 3.8) is 0 Å². The molecule has 106 valence electrons. The van der Waals surface area contributed by atoms with Crippen LogP contribution in [0, 0.1) is 17.1 Å². The summed E-state index contributed by atoms with van der Waals surface area (Å²) < 4.78 is 18.6. The summed E-state index contributed by atoms with van der Waals surface area (Å²) in [5.41, 5.74) is 6.28. The maximum absolute atomic E-state index is 13.6. The van der Waals surface area contributed by atoms with E-state index < -0.39 is 11.8 Å². The van der Waals surface area contributed by atoms with Gasteiger partial charge in [0.05, 0.1) is 27.9 Å². The number of para-hydroxylation sites is 1. The number of carbonyl (C=O) groups excluding carboxylic acids is 1. The summed E-state index contributed by atoms with van der Waals surface area (Å²) in [5, 5.41) is 8.89. The van der Waals surface area contributed by atoms with Gasteiger partial charge in [0.15, 0.2) is 0 Å². The van der Waals surface area contributed by atoms with Crippen molar-refractivity contribution in [2.45, 2.75) is 6.61 Å². The van der Waals surface area contributed by atoms with Gasteiger partial charge in [0.1, 0.15) is 12.4 Å². The minimum absolute atomic E-state index is 0.115. The van der Waals surface area contributed by atoms with Crippen LogP contribution in [0.3, 0.4) is 0 Å². The van der Waals surface area contributed by atoms with E-state index in [1.807, 2.05) is 6.07 Å². The number of hydrogen-bond donors (Lipinski definition) is 1. The fourth-order valence-electron chi connectivity index (χ4n) is 1.67. The topological polar surface area (TPSA) is 76.1 Å². The Labute approximate surface area is 125 Å². The lowest BCUT2D eigenvalue weighted by Crippen LogP contribution is -2.09. The number of nitrogens with two attached hydrogens (primary N) is 1. The molecule has 0 unspecified atom stereocenters. The number of rotatable bonds is 3. The fourth-order valence-corrected chi connectivity index (χ4v) is 1.84. The molecule has 0 aliphatic carbocycles. The van der Waals surface area contributed by atoms with Crippen molar-refractivity contribution in [2.75, 3.05) is 5.73 Å². The highest BCUT2D eigenvalue weighted by Gasteiger charge is 2.14. The maximum atomic E-state index is 13.6. The molecule has 2 aromatic rings. The summed E-state index contributed by atoms with van der Waals surface area (Å²) in [6, 6.07) is 10.3. The van der Waals surface area contributed by atoms with Crippen LogP contribution in [0.4, 0.5) is 10.1 Å². The van der Waals surface area contributed by atoms with Gasteiger partial charge in [-0.25, -0.2) is 9.18 Å². The average Bonchev–Trinajstić information content (AvgIpc) is 2.48. The van der Waals surface area contributed by atoms with Crippen molar-refractivity contribution >= 4 is 23.3 Å². The van der Waals surface area contributed by atoms with E-state index in [1.165, 1.54) is 18.2 Å². The van der Waals surface area contributed by atoms with E-state index in [4.69, 9.17) is 27.3 Å². The third-order valence-electron chi connectivity index (χ3n) is 2.81. The van der Waals surface area contributed by atoms with E-state index in [-0.39, 0.29) is 34.0 Å². The SMILES string of the molecule is N#Cc1ccc(COC(=O)c2cccc(Cl)c2N)c(F)c1. The summed E-state index contributed by atoms with van der Waals surface area (Å²) in [6.07, 6.45) is 0. The van der Waals surface area contributed by atoms with Crippen LogP contribution in [-0.4, -0.2) is 5.97 Å². The van der Waals surface area contributed by atoms with Crippen molar-refractivity contribution in [1.82, 2.24) is 0 Å². The number of esters is 1. The summed E-state index contributed by atoms with van der Waals surface area (Å²) in [6.45, 7) is -0.262. The Bertz CT molecular complexity index is 741. The minimum Gasteiger partial charge on any atom is -0.457 e. The molecule has 0 heterocycles. The Kier molecular flexibility index (Phi) is 4.41. The first-order valence-corrected chi connectivity index (χ1v) is 6.30. The number of benzene rings is 2. The fraction of sp³-hybridized carbons (Fsp3) is 0.0667. The van der Waals surface area contributed by atoms with Gasteiger partial charge in [0, 0.05) is 5.56 Å². The molecule has 4 nitrogen and oxygen atoms in total. The van der Waals surface area contributed by atoms with Gasteiger partial charge in [-0.15, -0.1) is 0 Å². The molecule has 2 aromatic carbocycles. The highest BCUT2D eigenvalue weighted by atomic mass is 35.5. The molecular formula is C15H10ClFN2O2. The van der Waals surface area contributed by atoms with Crippen LogP contribution in [0.5, 0.6) is 0 Å². The normalized spacial score (nSPS) is 9.95. The second-order valence-electron chi connectivity index (χ2n) is 4.20. The molecule has 0 radical (unpaired) electrons. The van der Waals surface area contributed by atoms with Crippen molar-refractivity contribution in [1.29, 1.82) is 5.26 Å². The Morgan fingerprint density at radius 2 is 2.14 bits per heavy atom. The van der Waals surface area contributed by atoms with Crippen molar-refractivity contribution in [2.24, 2.45) is 0 Å². The van der Waals surface area contributed by atoms with Crippen molar-refractivity contribution < 1.29 is 13.9 Å². The number of halogens is 2. The van der Waals surface area contributed by atoms with E-state index in [0.29, 0.717) is 0 Å². The van der Waals surface area contributed by atoms with Gasteiger partial charge in [-0.3, -0.25) is 0 Å². The van der Waals surface area contributed by atoms with Crippen LogP contribution in [0.1, 0.15) is 21.5 Å². The van der Waals surface area contributed by atoms with Crippen molar-refractivity contribution in [3.05, 3.63) is 63.9 Å². The molecule has 2 rings (SSSR count). The van der Waals surface area contributed by atoms with Gasteiger partial charge < -0.3 is 10.5 Å². The highest BCUT2D eigenvalue weighted by Crippen LogP contribution is 2.23. The van der Waals surface area contributed by atoms with Gasteiger partial charge in [-0.05, 0) is 24.3 Å². The Balaban J connectivity index is 2.11. The molecule has 6 heteroatoms. The number of carbonyl (C=O) groups is 1. The number of anilines is 1. The number of ether oxygens (including phenoxy) is 1. The molecule has 0 aliphatic heterocycles. The summed E-state index contributed by atoms with van der Waals surface area (Å²) in [7, 11) is 0. The summed E-state index contributed by atoms with van der Waals surface area (Å²) >= 11 is 5.81. The standard InChI is InChI=1S/C15H10ClFN2O2/c16-12-3-1-2-11(14(12)19)15(20)21-8-10-5-4-9(7-18)6-13(10)17/h1-6H,8,19H2. The minimum atomic E-state index is -0.696. The average molecular weight is 305 g/mol. The number of nitrogens with zero attached hydrogens (tertiary/aromatic N) is 1. The number of hydrogen-bond acceptors (Lipinski definition) is 4. The predicted octanol–water partition coefficient (Wildman–Crippen LogP) is 3.29. The Morgan fingerprint density at radius 3 is 2.81 bits per heavy atom. The lowest BCUT2D eigenvalue weighted by Gasteiger charge is -2.08. The predicted molar refractivity (Wildman–Crippen MR) is 76.1 cm³/mol. The monoisotopic (exact) mass is 304 g/mol. The first kappa shape index (κ1) is 14.8. The zero-order valence-electron chi connectivity index (χ0n) is 10.8. The van der Waals surface area contributed by atoms with Crippen LogP contribution in [0.25, 0.3) is 0 Å². The van der Waals surface area contributed by atoms with Crippen molar-refractivity contribution in [3.8, 4) is 6.07 Å². The quantitative estimate of drug-likeness (QED) is 0.697. The first-order valence-electron chi connectivity index (χ1n) is 5.92. The molecule has 0 amide bonds. The Morgan fingerprint density at radius 1 is 1.38 bits per heavy atom. The second kappa shape index (κ2) is 6.25. The molecule has 0 saturated carbocycles. The highest BCUT2D eigenvalue weighted by molar-refractivity contribution is 6.33. The van der Waals surface area contributed by atoms with Gasteiger partial charge in [-0.1, -0.05) is 23.7 Å². The van der Waals surface area contributed by atoms with Gasteiger partial charge >= 0.3 is 5.97 Å². The molecular weight excluding hydrogens is 295 g/mol. The van der Waals surface area contributed by atoms with E-state index in [0.717, 1.165) is 6.07 Å². The lowest BCUT2D eigenvalue weighted by atomic mass is 10.1. The zero-order chi connectivity index (χ0) is 15.4. The molecule has 0 spiro atoms. The second-order valence-corrected chi connectivity index (χ2v) is 4.60. The smallest absolute Gasteiger partial charge is 0.340 e. The van der Waals surface area contributed by atoms with E-state index in [2.05, 4.69) is 0 Å². The van der Waals surface area contributed by atoms with Crippen LogP contribution < -0.4 is 5.73 Å². The molecule has 0 aromatic heterocycles.